The number of nitrogens with zero attached hydrogens (tertiary/aromatic N) is 3. The number of ether oxygens (including phenoxy) is 1. The molecular weight excluding hydrogens is 497 g/mol. The lowest BCUT2D eigenvalue weighted by atomic mass is 9.97. The molecule has 1 fully saturated rings. The molecule has 1 aliphatic rings. The first-order valence-electron chi connectivity index (χ1n) is 9.90. The fourth-order valence-electron chi connectivity index (χ4n) is 3.50. The summed E-state index contributed by atoms with van der Waals surface area (Å²) < 4.78 is 5.19. The smallest absolute Gasteiger partial charge is 0.213 e. The molecule has 0 aliphatic carbocycles. The van der Waals surface area contributed by atoms with E-state index in [1.807, 2.05) is 30.5 Å². The Hall–Kier alpha value is -1.39. The molecule has 8 heteroatoms. The molecule has 1 unspecified atom stereocenters. The van der Waals surface area contributed by atoms with Crippen LogP contribution in [0.1, 0.15) is 36.2 Å². The second kappa shape index (κ2) is 12.3. The zero-order valence-electron chi connectivity index (χ0n) is 17.4. The van der Waals surface area contributed by atoms with Crippen molar-refractivity contribution in [3.63, 3.8) is 0 Å². The molecule has 3 heterocycles. The topological polar surface area (TPSA) is 61.8 Å². The van der Waals surface area contributed by atoms with Crippen LogP contribution in [0, 0.1) is 5.92 Å². The van der Waals surface area contributed by atoms with Crippen LogP contribution in [0.5, 0.6) is 5.88 Å². The predicted molar refractivity (Wildman–Crippen MR) is 131 cm³/mol. The highest BCUT2D eigenvalue weighted by Gasteiger charge is 2.25. The fourth-order valence-corrected chi connectivity index (χ4v) is 4.36. The largest absolute Gasteiger partial charge is 0.481 e. The van der Waals surface area contributed by atoms with E-state index in [0.717, 1.165) is 37.1 Å². The van der Waals surface area contributed by atoms with Crippen LogP contribution in [0.4, 0.5) is 0 Å². The number of guanidine groups is 1. The number of aromatic nitrogens is 1. The van der Waals surface area contributed by atoms with Crippen LogP contribution in [-0.2, 0) is 6.54 Å². The molecule has 2 aromatic heterocycles. The summed E-state index contributed by atoms with van der Waals surface area (Å²) >= 11 is 1.84. The van der Waals surface area contributed by atoms with Crippen LogP contribution >= 0.6 is 35.3 Å². The minimum atomic E-state index is 0. The number of likely N-dealkylation sites (tertiary alicyclic amines) is 1. The molecule has 1 saturated heterocycles. The average Bonchev–Trinajstić information content (AvgIpc) is 3.26. The third-order valence-electron chi connectivity index (χ3n) is 5.29. The molecule has 0 aromatic carbocycles. The molecule has 1 atom stereocenters. The average molecular weight is 529 g/mol. The van der Waals surface area contributed by atoms with Crippen molar-refractivity contribution in [3.8, 4) is 5.88 Å². The first-order chi connectivity index (χ1) is 13.7. The SMILES string of the molecule is CN=C(NCc1ccnc(OC)c1)NCC(c1cccs1)N1CCC(C)CC1.I. The van der Waals surface area contributed by atoms with Crippen molar-refractivity contribution < 1.29 is 4.74 Å². The van der Waals surface area contributed by atoms with Crippen molar-refractivity contribution in [2.75, 3.05) is 33.8 Å². The molecule has 1 aliphatic heterocycles. The highest BCUT2D eigenvalue weighted by Crippen LogP contribution is 2.29. The van der Waals surface area contributed by atoms with Gasteiger partial charge in [-0.25, -0.2) is 4.98 Å². The van der Waals surface area contributed by atoms with Crippen LogP contribution < -0.4 is 15.4 Å². The van der Waals surface area contributed by atoms with Gasteiger partial charge in [-0.05, 0) is 54.9 Å². The van der Waals surface area contributed by atoms with E-state index >= 15 is 0 Å². The van der Waals surface area contributed by atoms with Crippen LogP contribution in [0.15, 0.2) is 40.8 Å². The summed E-state index contributed by atoms with van der Waals surface area (Å²) in [6.07, 6.45) is 4.31. The van der Waals surface area contributed by atoms with E-state index in [-0.39, 0.29) is 24.0 Å². The number of thiophene rings is 1. The van der Waals surface area contributed by atoms with Gasteiger partial charge in [-0.15, -0.1) is 35.3 Å². The Balaban J connectivity index is 0.00000300. The molecular formula is C21H32IN5OS. The van der Waals surface area contributed by atoms with E-state index in [1.165, 1.54) is 17.7 Å². The molecule has 0 bridgehead atoms. The van der Waals surface area contributed by atoms with Crippen LogP contribution in [0.2, 0.25) is 0 Å². The van der Waals surface area contributed by atoms with Gasteiger partial charge in [0.1, 0.15) is 0 Å². The Bertz CT molecular complexity index is 747. The molecule has 29 heavy (non-hydrogen) atoms. The van der Waals surface area contributed by atoms with E-state index in [1.54, 1.807) is 13.3 Å². The van der Waals surface area contributed by atoms with Gasteiger partial charge in [-0.3, -0.25) is 9.89 Å². The number of rotatable bonds is 7. The van der Waals surface area contributed by atoms with Gasteiger partial charge in [0.25, 0.3) is 0 Å². The van der Waals surface area contributed by atoms with Gasteiger partial charge in [0.2, 0.25) is 5.88 Å². The molecule has 0 radical (unpaired) electrons. The summed E-state index contributed by atoms with van der Waals surface area (Å²) in [7, 11) is 3.44. The Kier molecular flexibility index (Phi) is 10.2. The Morgan fingerprint density at radius 2 is 2.14 bits per heavy atom. The van der Waals surface area contributed by atoms with Crippen molar-refractivity contribution in [1.82, 2.24) is 20.5 Å². The summed E-state index contributed by atoms with van der Waals surface area (Å²) in [6, 6.07) is 8.68. The third-order valence-corrected chi connectivity index (χ3v) is 6.26. The zero-order chi connectivity index (χ0) is 19.8. The molecule has 6 nitrogen and oxygen atoms in total. The summed E-state index contributed by atoms with van der Waals surface area (Å²) in [6.45, 7) is 6.19. The number of methoxy groups -OCH3 is 1. The fraction of sp³-hybridized carbons (Fsp3) is 0.524. The number of piperidine rings is 1. The summed E-state index contributed by atoms with van der Waals surface area (Å²) in [5.74, 6) is 2.27. The van der Waals surface area contributed by atoms with Gasteiger partial charge in [0, 0.05) is 37.3 Å². The number of nitrogens with one attached hydrogen (secondary N) is 2. The van der Waals surface area contributed by atoms with E-state index in [9.17, 15) is 0 Å². The lowest BCUT2D eigenvalue weighted by molar-refractivity contribution is 0.140. The number of pyridine rings is 1. The van der Waals surface area contributed by atoms with Gasteiger partial charge >= 0.3 is 0 Å². The third kappa shape index (κ3) is 7.11. The normalized spacial score (nSPS) is 16.7. The monoisotopic (exact) mass is 529 g/mol. The van der Waals surface area contributed by atoms with Crippen LogP contribution in [0.3, 0.4) is 0 Å². The predicted octanol–water partition coefficient (Wildman–Crippen LogP) is 3.91. The van der Waals surface area contributed by atoms with Gasteiger partial charge in [0.05, 0.1) is 13.2 Å². The van der Waals surface area contributed by atoms with Gasteiger partial charge in [-0.2, -0.15) is 0 Å². The maximum atomic E-state index is 5.19. The first-order valence-corrected chi connectivity index (χ1v) is 10.8. The van der Waals surface area contributed by atoms with Crippen molar-refractivity contribution in [2.24, 2.45) is 10.9 Å². The quantitative estimate of drug-likeness (QED) is 0.324. The number of halogens is 1. The highest BCUT2D eigenvalue weighted by atomic mass is 127. The molecule has 3 rings (SSSR count). The maximum Gasteiger partial charge on any atom is 0.213 e. The van der Waals surface area contributed by atoms with Crippen molar-refractivity contribution in [2.45, 2.75) is 32.4 Å². The van der Waals surface area contributed by atoms with E-state index in [2.05, 4.69) is 49.9 Å². The molecule has 2 N–H and O–H groups in total. The summed E-state index contributed by atoms with van der Waals surface area (Å²) in [5.41, 5.74) is 1.11. The standard InChI is InChI=1S/C21H31N5OS.HI/c1-16-7-10-26(11-8-16)18(19-5-4-12-28-19)15-25-21(22-2)24-14-17-6-9-23-20(13-17)27-3;/h4-6,9,12-13,16,18H,7-8,10-11,14-15H2,1-3H3,(H2,22,24,25);1H. The van der Waals surface area contributed by atoms with E-state index in [0.29, 0.717) is 18.5 Å². The molecule has 0 spiro atoms. The molecule has 0 saturated carbocycles. The second-order valence-corrected chi connectivity index (χ2v) is 8.24. The van der Waals surface area contributed by atoms with Crippen LogP contribution in [-0.4, -0.2) is 49.6 Å². The zero-order valence-corrected chi connectivity index (χ0v) is 20.6. The minimum Gasteiger partial charge on any atom is -0.481 e. The molecule has 2 aromatic rings. The second-order valence-electron chi connectivity index (χ2n) is 7.26. The van der Waals surface area contributed by atoms with Crippen molar-refractivity contribution in [1.29, 1.82) is 0 Å². The number of hydrogen-bond donors (Lipinski definition) is 2. The lowest BCUT2D eigenvalue weighted by Crippen LogP contribution is -2.44. The Morgan fingerprint density at radius 1 is 1.34 bits per heavy atom. The maximum absolute atomic E-state index is 5.19. The highest BCUT2D eigenvalue weighted by molar-refractivity contribution is 14.0. The van der Waals surface area contributed by atoms with Crippen molar-refractivity contribution in [3.05, 3.63) is 46.3 Å². The van der Waals surface area contributed by atoms with E-state index < -0.39 is 0 Å². The van der Waals surface area contributed by atoms with E-state index in [4.69, 9.17) is 4.74 Å². The lowest BCUT2D eigenvalue weighted by Gasteiger charge is -2.36. The number of hydrogen-bond acceptors (Lipinski definition) is 5. The molecule has 0 amide bonds. The van der Waals surface area contributed by atoms with Gasteiger partial charge in [-0.1, -0.05) is 13.0 Å². The van der Waals surface area contributed by atoms with Crippen molar-refractivity contribution >= 4 is 41.3 Å². The number of aliphatic imine (C=N–C) groups is 1. The Labute approximate surface area is 195 Å². The Morgan fingerprint density at radius 3 is 2.79 bits per heavy atom. The summed E-state index contributed by atoms with van der Waals surface area (Å²) in [5, 5.41) is 9.08. The summed E-state index contributed by atoms with van der Waals surface area (Å²) in [4.78, 5) is 12.6. The van der Waals surface area contributed by atoms with Gasteiger partial charge < -0.3 is 15.4 Å². The van der Waals surface area contributed by atoms with Crippen LogP contribution in [0.25, 0.3) is 0 Å². The first kappa shape index (κ1) is 23.9. The van der Waals surface area contributed by atoms with Gasteiger partial charge in [0.15, 0.2) is 5.96 Å². The molecule has 160 valence electrons. The minimum absolute atomic E-state index is 0.